The summed E-state index contributed by atoms with van der Waals surface area (Å²) in [6.45, 7) is 3.73. The Hall–Kier alpha value is -3.06. The molecule has 1 N–H and O–H groups in total. The summed E-state index contributed by atoms with van der Waals surface area (Å²) in [5, 5.41) is 2.88. The molecule has 2 heterocycles. The minimum absolute atomic E-state index is 0.0948. The van der Waals surface area contributed by atoms with Gasteiger partial charge in [0.05, 0.1) is 29.2 Å². The number of fused-ring (bicyclic) bond motifs is 1. The van der Waals surface area contributed by atoms with Crippen LogP contribution in [0.25, 0.3) is 11.3 Å². The van der Waals surface area contributed by atoms with Gasteiger partial charge in [0.15, 0.2) is 11.6 Å². The highest BCUT2D eigenvalue weighted by Crippen LogP contribution is 2.36. The second-order valence-corrected chi connectivity index (χ2v) is 7.61. The maximum Gasteiger partial charge on any atom is 0.254 e. The summed E-state index contributed by atoms with van der Waals surface area (Å²) in [4.78, 5) is 21.0. The van der Waals surface area contributed by atoms with Crippen molar-refractivity contribution >= 4 is 17.5 Å². The van der Waals surface area contributed by atoms with Crippen LogP contribution in [0.1, 0.15) is 27.3 Å². The molecule has 3 aromatic rings. The molecule has 1 amide bonds. The number of hydrogen-bond acceptors (Lipinski definition) is 4. The maximum atomic E-state index is 14.7. The number of hydrogen-bond donors (Lipinski definition) is 1. The van der Waals surface area contributed by atoms with Crippen LogP contribution in [0.2, 0.25) is 5.02 Å². The van der Waals surface area contributed by atoms with Crippen molar-refractivity contribution in [3.8, 4) is 17.0 Å². The second kappa shape index (κ2) is 7.99. The molecule has 0 bridgehead atoms. The van der Waals surface area contributed by atoms with Gasteiger partial charge < -0.3 is 10.1 Å². The van der Waals surface area contributed by atoms with Gasteiger partial charge in [-0.3, -0.25) is 9.78 Å². The van der Waals surface area contributed by atoms with E-state index in [0.29, 0.717) is 28.9 Å². The van der Waals surface area contributed by atoms with Crippen LogP contribution >= 0.6 is 11.6 Å². The van der Waals surface area contributed by atoms with Crippen LogP contribution in [0.3, 0.4) is 0 Å². The van der Waals surface area contributed by atoms with Crippen molar-refractivity contribution in [2.75, 3.05) is 6.54 Å². The van der Waals surface area contributed by atoms with Gasteiger partial charge in [-0.15, -0.1) is 0 Å². The van der Waals surface area contributed by atoms with E-state index in [1.165, 1.54) is 18.2 Å². The zero-order valence-corrected chi connectivity index (χ0v) is 17.1. The van der Waals surface area contributed by atoms with Crippen molar-refractivity contribution < 1.29 is 18.3 Å². The van der Waals surface area contributed by atoms with Gasteiger partial charge in [0.2, 0.25) is 0 Å². The molecule has 0 radical (unpaired) electrons. The van der Waals surface area contributed by atoms with Gasteiger partial charge in [-0.2, -0.15) is 0 Å². The van der Waals surface area contributed by atoms with Gasteiger partial charge in [0.25, 0.3) is 5.91 Å². The Kier molecular flexibility index (Phi) is 5.39. The van der Waals surface area contributed by atoms with E-state index in [9.17, 15) is 13.6 Å². The first-order valence-electron chi connectivity index (χ1n) is 9.34. The van der Waals surface area contributed by atoms with E-state index in [0.717, 1.165) is 11.8 Å². The van der Waals surface area contributed by atoms with Gasteiger partial charge in [-0.1, -0.05) is 11.6 Å². The number of carbonyl (C=O) groups excluding carboxylic acids is 1. The number of aryl methyl sites for hydroxylation is 2. The van der Waals surface area contributed by atoms with Crippen LogP contribution in [0.5, 0.6) is 5.75 Å². The van der Waals surface area contributed by atoms with Crippen molar-refractivity contribution in [1.29, 1.82) is 0 Å². The van der Waals surface area contributed by atoms with Gasteiger partial charge >= 0.3 is 0 Å². The first kappa shape index (κ1) is 20.2. The summed E-state index contributed by atoms with van der Waals surface area (Å²) in [6, 6.07) is 6.95. The first-order chi connectivity index (χ1) is 14.3. The Morgan fingerprint density at radius 2 is 2.03 bits per heavy atom. The highest BCUT2D eigenvalue weighted by atomic mass is 35.5. The van der Waals surface area contributed by atoms with Gasteiger partial charge in [0, 0.05) is 28.8 Å². The van der Waals surface area contributed by atoms with Crippen LogP contribution < -0.4 is 10.1 Å². The fraction of sp³-hybridized carbons (Fsp3) is 0.227. The van der Waals surface area contributed by atoms with E-state index in [4.69, 9.17) is 16.3 Å². The third-order valence-electron chi connectivity index (χ3n) is 4.87. The molecule has 4 rings (SSSR count). The summed E-state index contributed by atoms with van der Waals surface area (Å²) in [5.41, 5.74) is 3.20. The summed E-state index contributed by atoms with van der Waals surface area (Å²) in [5.74, 6) is -1.62. The van der Waals surface area contributed by atoms with Crippen LogP contribution in [0, 0.1) is 25.5 Å². The molecule has 5 nitrogen and oxygen atoms in total. The number of nitrogens with one attached hydrogen (secondary N) is 1. The van der Waals surface area contributed by atoms with Crippen LogP contribution in [0.15, 0.2) is 36.5 Å². The van der Waals surface area contributed by atoms with Crippen molar-refractivity contribution in [3.63, 3.8) is 0 Å². The van der Waals surface area contributed by atoms with Crippen molar-refractivity contribution in [2.45, 2.75) is 26.4 Å². The molecule has 0 spiro atoms. The number of carbonyl (C=O) groups is 1. The number of benzene rings is 2. The zero-order valence-electron chi connectivity index (χ0n) is 16.3. The van der Waals surface area contributed by atoms with Crippen molar-refractivity contribution in [3.05, 3.63) is 75.7 Å². The fourth-order valence-electron chi connectivity index (χ4n) is 3.42. The molecular weight excluding hydrogens is 412 g/mol. The summed E-state index contributed by atoms with van der Waals surface area (Å²) >= 11 is 5.83. The molecule has 2 aromatic carbocycles. The van der Waals surface area contributed by atoms with Gasteiger partial charge in [-0.25, -0.2) is 13.8 Å². The molecule has 154 valence electrons. The molecule has 8 heteroatoms. The van der Waals surface area contributed by atoms with E-state index in [2.05, 4.69) is 15.3 Å². The normalized spacial score (nSPS) is 14.9. The Bertz CT molecular complexity index is 1150. The zero-order chi connectivity index (χ0) is 21.4. The molecule has 1 aliphatic rings. The lowest BCUT2D eigenvalue weighted by Crippen LogP contribution is -2.34. The molecule has 0 aliphatic carbocycles. The van der Waals surface area contributed by atoms with Gasteiger partial charge in [-0.05, 0) is 44.2 Å². The number of aromatic nitrogens is 2. The van der Waals surface area contributed by atoms with Gasteiger partial charge in [0.1, 0.15) is 11.9 Å². The molecule has 30 heavy (non-hydrogen) atoms. The van der Waals surface area contributed by atoms with Crippen LogP contribution in [-0.4, -0.2) is 28.5 Å². The van der Waals surface area contributed by atoms with Crippen molar-refractivity contribution in [1.82, 2.24) is 15.3 Å². The quantitative estimate of drug-likeness (QED) is 0.666. The topological polar surface area (TPSA) is 64.1 Å². The minimum Gasteiger partial charge on any atom is -0.485 e. The molecule has 1 aliphatic heterocycles. The molecule has 0 saturated carbocycles. The lowest BCUT2D eigenvalue weighted by molar-refractivity contribution is 0.0929. The van der Waals surface area contributed by atoms with E-state index in [1.54, 1.807) is 6.20 Å². The summed E-state index contributed by atoms with van der Waals surface area (Å²) in [6.07, 6.45) is 1.59. The van der Waals surface area contributed by atoms with Crippen LogP contribution in [0.4, 0.5) is 8.78 Å². The first-order valence-corrected chi connectivity index (χ1v) is 9.72. The predicted octanol–water partition coefficient (Wildman–Crippen LogP) is 4.43. The lowest BCUT2D eigenvalue weighted by Gasteiger charge is -2.12. The highest BCUT2D eigenvalue weighted by molar-refractivity contribution is 6.31. The average Bonchev–Trinajstić information content (AvgIpc) is 3.13. The second-order valence-electron chi connectivity index (χ2n) is 7.17. The Morgan fingerprint density at radius 1 is 1.23 bits per heavy atom. The molecule has 0 saturated heterocycles. The van der Waals surface area contributed by atoms with Crippen molar-refractivity contribution in [2.24, 2.45) is 0 Å². The molecule has 1 atom stereocenters. The van der Waals surface area contributed by atoms with E-state index >= 15 is 0 Å². The SMILES string of the molecule is Cc1cnc(C)c(-c2cc(F)c3c(c2)CC(CNC(=O)c2cc(Cl)ccc2F)O3)n1. The number of rotatable bonds is 4. The largest absolute Gasteiger partial charge is 0.485 e. The number of halogens is 3. The standard InChI is InChI=1S/C22H18ClF2N3O2/c1-11-9-26-12(2)20(28-11)13-5-14-6-16(30-21(14)19(25)7-13)10-27-22(29)17-8-15(23)3-4-18(17)24/h3-5,7-9,16H,6,10H2,1-2H3,(H,27,29). The van der Waals surface area contributed by atoms with E-state index in [-0.39, 0.29) is 22.9 Å². The fourth-order valence-corrected chi connectivity index (χ4v) is 3.59. The molecular formula is C22H18ClF2N3O2. The summed E-state index contributed by atoms with van der Waals surface area (Å²) in [7, 11) is 0. The lowest BCUT2D eigenvalue weighted by atomic mass is 10.0. The number of ether oxygens (including phenoxy) is 1. The van der Waals surface area contributed by atoms with E-state index < -0.39 is 23.6 Å². The molecule has 1 aromatic heterocycles. The Balaban J connectivity index is 1.49. The molecule has 1 unspecified atom stereocenters. The predicted molar refractivity (Wildman–Crippen MR) is 109 cm³/mol. The monoisotopic (exact) mass is 429 g/mol. The Labute approximate surface area is 177 Å². The number of nitrogens with zero attached hydrogens (tertiary/aromatic N) is 2. The maximum absolute atomic E-state index is 14.7. The third-order valence-corrected chi connectivity index (χ3v) is 5.10. The Morgan fingerprint density at radius 3 is 2.83 bits per heavy atom. The summed E-state index contributed by atoms with van der Waals surface area (Å²) < 4.78 is 34.2. The minimum atomic E-state index is -0.669. The molecule has 0 fully saturated rings. The number of amides is 1. The third kappa shape index (κ3) is 3.98. The van der Waals surface area contributed by atoms with E-state index in [1.807, 2.05) is 19.9 Å². The average molecular weight is 430 g/mol. The van der Waals surface area contributed by atoms with Crippen LogP contribution in [-0.2, 0) is 6.42 Å². The highest BCUT2D eigenvalue weighted by Gasteiger charge is 2.28. The smallest absolute Gasteiger partial charge is 0.254 e.